The van der Waals surface area contributed by atoms with Gasteiger partial charge >= 0.3 is 0 Å². The first-order valence-electron chi connectivity index (χ1n) is 10.5. The van der Waals surface area contributed by atoms with E-state index in [1.807, 2.05) is 48.5 Å². The van der Waals surface area contributed by atoms with Gasteiger partial charge in [0.1, 0.15) is 11.4 Å². The number of halogens is 1. The number of aromatic amines is 1. The molecule has 3 rings (SSSR count). The molecular weight excluding hydrogens is 414 g/mol. The molecule has 0 fully saturated rings. The number of aryl methyl sites for hydroxylation is 2. The number of nitrogens with zero attached hydrogens (tertiary/aromatic N) is 1. The monoisotopic (exact) mass is 441 g/mol. The van der Waals surface area contributed by atoms with Gasteiger partial charge in [-0.1, -0.05) is 41.9 Å². The molecule has 0 spiro atoms. The van der Waals surface area contributed by atoms with Gasteiger partial charge in [0.2, 0.25) is 0 Å². The van der Waals surface area contributed by atoms with Crippen molar-refractivity contribution >= 4 is 17.5 Å². The molecule has 3 N–H and O–H groups in total. The third-order valence-electron chi connectivity index (χ3n) is 5.11. The summed E-state index contributed by atoms with van der Waals surface area (Å²) < 4.78 is 6.03. The van der Waals surface area contributed by atoms with Crippen molar-refractivity contribution in [1.82, 2.24) is 15.3 Å². The van der Waals surface area contributed by atoms with Crippen LogP contribution in [0.1, 0.15) is 41.4 Å². The molecule has 0 radical (unpaired) electrons. The van der Waals surface area contributed by atoms with Crippen molar-refractivity contribution in [3.63, 3.8) is 0 Å². The molecule has 2 aromatic carbocycles. The molecule has 1 aromatic heterocycles. The van der Waals surface area contributed by atoms with Crippen LogP contribution in [0.4, 0.5) is 0 Å². The van der Waals surface area contributed by atoms with Gasteiger partial charge in [-0.2, -0.15) is 0 Å². The molecule has 3 aromatic rings. The van der Waals surface area contributed by atoms with E-state index >= 15 is 0 Å². The normalized spacial score (nSPS) is 12.9. The van der Waals surface area contributed by atoms with Crippen LogP contribution in [0, 0.1) is 0 Å². The first kappa shape index (κ1) is 22.8. The van der Waals surface area contributed by atoms with E-state index in [1.54, 1.807) is 6.92 Å². The fourth-order valence-corrected chi connectivity index (χ4v) is 3.46. The molecule has 0 saturated carbocycles. The predicted octanol–water partition coefficient (Wildman–Crippen LogP) is 4.19. The maximum atomic E-state index is 12.3. The molecule has 0 aliphatic heterocycles. The topological polar surface area (TPSA) is 87.2 Å². The second-order valence-electron chi connectivity index (χ2n) is 7.50. The lowest BCUT2D eigenvalue weighted by Gasteiger charge is -2.21. The van der Waals surface area contributed by atoms with Crippen LogP contribution >= 0.6 is 11.6 Å². The standard InChI is InChI=1S/C24H28ClN3O3/c1-17(29)21(28-24(30)22-15-26-16-27-22)13-10-19-6-2-3-7-23(19)31-14-4-5-18-8-11-20(25)12-9-18/h2-3,6-9,11-12,15-17,21,29H,4-5,10,13-14H2,1H3,(H,26,27)(H,28,30)/t17-,21+/m0/s1. The summed E-state index contributed by atoms with van der Waals surface area (Å²) in [6, 6.07) is 15.4. The Morgan fingerprint density at radius 3 is 2.68 bits per heavy atom. The number of aromatic nitrogens is 2. The number of H-pyrrole nitrogens is 1. The third-order valence-corrected chi connectivity index (χ3v) is 5.36. The average Bonchev–Trinajstić information content (AvgIpc) is 3.31. The summed E-state index contributed by atoms with van der Waals surface area (Å²) in [5.41, 5.74) is 2.58. The summed E-state index contributed by atoms with van der Waals surface area (Å²) in [5.74, 6) is 0.528. The van der Waals surface area contributed by atoms with Crippen molar-refractivity contribution in [3.05, 3.63) is 82.9 Å². The van der Waals surface area contributed by atoms with Gasteiger partial charge in [0, 0.05) is 11.2 Å². The van der Waals surface area contributed by atoms with Gasteiger partial charge in [-0.05, 0) is 61.9 Å². The molecule has 7 heteroatoms. The number of amides is 1. The quantitative estimate of drug-likeness (QED) is 0.389. The summed E-state index contributed by atoms with van der Waals surface area (Å²) in [6.07, 6.45) is 5.36. The van der Waals surface area contributed by atoms with E-state index < -0.39 is 6.10 Å². The number of imidazole rings is 1. The Labute approximate surface area is 187 Å². The molecule has 0 bridgehead atoms. The van der Waals surface area contributed by atoms with Crippen LogP contribution in [0.3, 0.4) is 0 Å². The number of para-hydroxylation sites is 1. The number of ether oxygens (including phenoxy) is 1. The Morgan fingerprint density at radius 2 is 1.97 bits per heavy atom. The molecule has 0 aliphatic rings. The highest BCUT2D eigenvalue weighted by atomic mass is 35.5. The Hall–Kier alpha value is -2.83. The molecule has 0 unspecified atom stereocenters. The van der Waals surface area contributed by atoms with Gasteiger partial charge < -0.3 is 20.1 Å². The summed E-state index contributed by atoms with van der Waals surface area (Å²) >= 11 is 5.93. The highest BCUT2D eigenvalue weighted by Crippen LogP contribution is 2.21. The Balaban J connectivity index is 1.51. The van der Waals surface area contributed by atoms with E-state index in [0.29, 0.717) is 25.1 Å². The van der Waals surface area contributed by atoms with Gasteiger partial charge in [-0.3, -0.25) is 4.79 Å². The lowest BCUT2D eigenvalue weighted by molar-refractivity contribution is 0.0846. The number of aliphatic hydroxyl groups excluding tert-OH is 1. The maximum absolute atomic E-state index is 12.3. The van der Waals surface area contributed by atoms with Gasteiger partial charge in [-0.25, -0.2) is 4.98 Å². The first-order valence-corrected chi connectivity index (χ1v) is 10.8. The minimum Gasteiger partial charge on any atom is -0.493 e. The van der Waals surface area contributed by atoms with E-state index in [4.69, 9.17) is 16.3 Å². The predicted molar refractivity (Wildman–Crippen MR) is 122 cm³/mol. The van der Waals surface area contributed by atoms with Crippen molar-refractivity contribution in [2.75, 3.05) is 6.61 Å². The SMILES string of the molecule is C[C@H](O)[C@@H](CCc1ccccc1OCCCc1ccc(Cl)cc1)NC(=O)c1c[nH]cn1. The zero-order valence-corrected chi connectivity index (χ0v) is 18.3. The summed E-state index contributed by atoms with van der Waals surface area (Å²) in [5, 5.41) is 13.7. The number of carbonyl (C=O) groups excluding carboxylic acids is 1. The van der Waals surface area contributed by atoms with E-state index in [-0.39, 0.29) is 11.9 Å². The number of aliphatic hydroxyl groups is 1. The van der Waals surface area contributed by atoms with E-state index in [0.717, 1.165) is 29.2 Å². The lowest BCUT2D eigenvalue weighted by Crippen LogP contribution is -2.42. The van der Waals surface area contributed by atoms with Crippen LogP contribution in [0.5, 0.6) is 5.75 Å². The maximum Gasteiger partial charge on any atom is 0.271 e. The molecule has 1 heterocycles. The number of hydrogen-bond donors (Lipinski definition) is 3. The third kappa shape index (κ3) is 7.12. The Bertz CT molecular complexity index is 943. The van der Waals surface area contributed by atoms with E-state index in [2.05, 4.69) is 15.3 Å². The van der Waals surface area contributed by atoms with Crippen molar-refractivity contribution in [2.24, 2.45) is 0 Å². The number of nitrogens with one attached hydrogen (secondary N) is 2. The van der Waals surface area contributed by atoms with E-state index in [9.17, 15) is 9.90 Å². The van der Waals surface area contributed by atoms with Crippen LogP contribution < -0.4 is 10.1 Å². The Kier molecular flexibility index (Phi) is 8.50. The van der Waals surface area contributed by atoms with Crippen molar-refractivity contribution < 1.29 is 14.6 Å². The second-order valence-corrected chi connectivity index (χ2v) is 7.94. The first-order chi connectivity index (χ1) is 15.0. The fourth-order valence-electron chi connectivity index (χ4n) is 3.33. The zero-order chi connectivity index (χ0) is 22.1. The average molecular weight is 442 g/mol. The van der Waals surface area contributed by atoms with Crippen LogP contribution in [0.25, 0.3) is 0 Å². The van der Waals surface area contributed by atoms with E-state index in [1.165, 1.54) is 18.1 Å². The van der Waals surface area contributed by atoms with Crippen LogP contribution in [-0.2, 0) is 12.8 Å². The summed E-state index contributed by atoms with van der Waals surface area (Å²) in [7, 11) is 0. The van der Waals surface area contributed by atoms with Gasteiger partial charge in [0.15, 0.2) is 0 Å². The van der Waals surface area contributed by atoms with Crippen LogP contribution in [0.15, 0.2) is 61.1 Å². The zero-order valence-electron chi connectivity index (χ0n) is 17.6. The number of carbonyl (C=O) groups is 1. The number of hydrogen-bond acceptors (Lipinski definition) is 4. The molecule has 31 heavy (non-hydrogen) atoms. The highest BCUT2D eigenvalue weighted by Gasteiger charge is 2.20. The minimum atomic E-state index is -0.685. The molecular formula is C24H28ClN3O3. The molecule has 6 nitrogen and oxygen atoms in total. The number of benzene rings is 2. The summed E-state index contributed by atoms with van der Waals surface area (Å²) in [4.78, 5) is 19.0. The summed E-state index contributed by atoms with van der Waals surface area (Å²) in [6.45, 7) is 2.28. The second kappa shape index (κ2) is 11.5. The molecule has 0 aliphatic carbocycles. The lowest BCUT2D eigenvalue weighted by atomic mass is 10.0. The van der Waals surface area contributed by atoms with Crippen molar-refractivity contribution in [3.8, 4) is 5.75 Å². The largest absolute Gasteiger partial charge is 0.493 e. The number of rotatable bonds is 11. The Morgan fingerprint density at radius 1 is 1.19 bits per heavy atom. The van der Waals surface area contributed by atoms with Gasteiger partial charge in [0.25, 0.3) is 5.91 Å². The molecule has 164 valence electrons. The van der Waals surface area contributed by atoms with Gasteiger partial charge in [-0.15, -0.1) is 0 Å². The fraction of sp³-hybridized carbons (Fsp3) is 0.333. The van der Waals surface area contributed by atoms with Crippen molar-refractivity contribution in [1.29, 1.82) is 0 Å². The van der Waals surface area contributed by atoms with Crippen LogP contribution in [-0.4, -0.2) is 39.7 Å². The minimum absolute atomic E-state index is 0.301. The van der Waals surface area contributed by atoms with Gasteiger partial charge in [0.05, 0.1) is 25.1 Å². The molecule has 1 amide bonds. The molecule has 2 atom stereocenters. The van der Waals surface area contributed by atoms with Crippen LogP contribution in [0.2, 0.25) is 5.02 Å². The smallest absolute Gasteiger partial charge is 0.271 e. The highest BCUT2D eigenvalue weighted by molar-refractivity contribution is 6.30. The molecule has 0 saturated heterocycles. The van der Waals surface area contributed by atoms with Crippen molar-refractivity contribution in [2.45, 2.75) is 44.8 Å².